The predicted octanol–water partition coefficient (Wildman–Crippen LogP) is 3.92. The highest BCUT2D eigenvalue weighted by Gasteiger charge is 2.16. The number of hydrogen-bond donors (Lipinski definition) is 1. The molecule has 0 aliphatic rings. The Kier molecular flexibility index (Phi) is 5.39. The molecule has 144 valence electrons. The third-order valence-corrected chi connectivity index (χ3v) is 4.21. The maximum Gasteiger partial charge on any atom is 0.280 e. The molecule has 8 heteroatoms. The van der Waals surface area contributed by atoms with Crippen LogP contribution in [-0.4, -0.2) is 27.0 Å². The van der Waals surface area contributed by atoms with Crippen molar-refractivity contribution < 1.29 is 9.66 Å². The lowest BCUT2D eigenvalue weighted by Gasteiger charge is -2.07. The van der Waals surface area contributed by atoms with Crippen LogP contribution in [-0.2, 0) is 0 Å². The highest BCUT2D eigenvalue weighted by molar-refractivity contribution is 6.01. The average Bonchev–Trinajstić information content (AvgIpc) is 2.98. The molecule has 0 aliphatic carbocycles. The number of nitrogens with zero attached hydrogens (tertiary/aromatic N) is 3. The quantitative estimate of drug-likeness (QED) is 0.398. The molecule has 3 aromatic rings. The molecular weight excluding hydrogens is 360 g/mol. The molecule has 0 aliphatic heterocycles. The maximum absolute atomic E-state index is 12.9. The lowest BCUT2D eigenvalue weighted by Crippen LogP contribution is -2.19. The molecule has 0 bridgehead atoms. The van der Waals surface area contributed by atoms with Crippen molar-refractivity contribution >= 4 is 17.1 Å². The third-order valence-electron chi connectivity index (χ3n) is 4.21. The number of aromatic amines is 1. The molecule has 0 amide bonds. The van der Waals surface area contributed by atoms with Gasteiger partial charge in [0.2, 0.25) is 0 Å². The van der Waals surface area contributed by atoms with E-state index in [2.05, 4.69) is 10.1 Å². The molecule has 0 spiro atoms. The number of benzene rings is 2. The second-order valence-corrected chi connectivity index (χ2v) is 6.12. The van der Waals surface area contributed by atoms with E-state index in [1.807, 2.05) is 31.2 Å². The molecule has 3 rings (SSSR count). The number of ether oxygens (including phenoxy) is 1. The van der Waals surface area contributed by atoms with Gasteiger partial charge in [-0.3, -0.25) is 20.0 Å². The number of hydrogen-bond acceptors (Lipinski definition) is 5. The second-order valence-electron chi connectivity index (χ2n) is 6.12. The standard InChI is InChI=1S/C20H20N4O4/c1-4-28-18-8-6-5-7-17(18)21-13(2)19-14(3)22-23(20(19)25)15-9-11-16(12-10-15)24(26)27/h5-12,22H,4H2,1-3H3. The Hall–Kier alpha value is -3.68. The fourth-order valence-corrected chi connectivity index (χ4v) is 2.94. The number of para-hydroxylation sites is 2. The van der Waals surface area contributed by atoms with Crippen molar-refractivity contribution in [1.82, 2.24) is 9.78 Å². The summed E-state index contributed by atoms with van der Waals surface area (Å²) in [5.74, 6) is 0.647. The summed E-state index contributed by atoms with van der Waals surface area (Å²) in [4.78, 5) is 27.9. The molecule has 0 radical (unpaired) electrons. The maximum atomic E-state index is 12.9. The van der Waals surface area contributed by atoms with Crippen molar-refractivity contribution in [3.8, 4) is 11.4 Å². The number of nitrogens with one attached hydrogen (secondary N) is 1. The number of nitro benzene ring substituents is 1. The minimum atomic E-state index is -0.482. The van der Waals surface area contributed by atoms with Gasteiger partial charge in [-0.2, -0.15) is 0 Å². The Labute approximate surface area is 161 Å². The number of aliphatic imine (C=N–C) groups is 1. The molecule has 0 fully saturated rings. The van der Waals surface area contributed by atoms with Crippen LogP contribution in [0.1, 0.15) is 25.1 Å². The molecule has 0 saturated carbocycles. The van der Waals surface area contributed by atoms with Gasteiger partial charge in [-0.05, 0) is 45.0 Å². The highest BCUT2D eigenvalue weighted by atomic mass is 16.6. The van der Waals surface area contributed by atoms with Gasteiger partial charge in [-0.25, -0.2) is 9.67 Å². The summed E-state index contributed by atoms with van der Waals surface area (Å²) < 4.78 is 6.94. The SMILES string of the molecule is CCOc1ccccc1N=C(C)c1c(C)[nH]n(-c2ccc([N+](=O)[O-])cc2)c1=O. The molecule has 1 aromatic heterocycles. The molecule has 1 heterocycles. The van der Waals surface area contributed by atoms with E-state index in [0.717, 1.165) is 0 Å². The van der Waals surface area contributed by atoms with Crippen LogP contribution in [0.5, 0.6) is 5.75 Å². The number of rotatable bonds is 6. The van der Waals surface area contributed by atoms with E-state index in [9.17, 15) is 14.9 Å². The van der Waals surface area contributed by atoms with E-state index in [0.29, 0.717) is 40.7 Å². The average molecular weight is 380 g/mol. The Morgan fingerprint density at radius 3 is 2.54 bits per heavy atom. The molecular formula is C20H20N4O4. The lowest BCUT2D eigenvalue weighted by molar-refractivity contribution is -0.384. The van der Waals surface area contributed by atoms with Gasteiger partial charge < -0.3 is 4.74 Å². The largest absolute Gasteiger partial charge is 0.492 e. The van der Waals surface area contributed by atoms with E-state index in [1.54, 1.807) is 13.8 Å². The highest BCUT2D eigenvalue weighted by Crippen LogP contribution is 2.27. The van der Waals surface area contributed by atoms with Crippen LogP contribution in [0.2, 0.25) is 0 Å². The van der Waals surface area contributed by atoms with Crippen molar-refractivity contribution in [2.75, 3.05) is 6.61 Å². The molecule has 0 atom stereocenters. The van der Waals surface area contributed by atoms with Gasteiger partial charge in [0.15, 0.2) is 0 Å². The smallest absolute Gasteiger partial charge is 0.280 e. The van der Waals surface area contributed by atoms with Gasteiger partial charge in [0.1, 0.15) is 11.4 Å². The Morgan fingerprint density at radius 2 is 1.89 bits per heavy atom. The summed E-state index contributed by atoms with van der Waals surface area (Å²) in [6, 6.07) is 13.1. The summed E-state index contributed by atoms with van der Waals surface area (Å²) in [6.07, 6.45) is 0. The van der Waals surface area contributed by atoms with Crippen LogP contribution < -0.4 is 10.3 Å². The van der Waals surface area contributed by atoms with Crippen LogP contribution in [0.4, 0.5) is 11.4 Å². The Bertz CT molecular complexity index is 1090. The van der Waals surface area contributed by atoms with Crippen molar-refractivity contribution in [2.45, 2.75) is 20.8 Å². The Morgan fingerprint density at radius 1 is 1.21 bits per heavy atom. The summed E-state index contributed by atoms with van der Waals surface area (Å²) in [5, 5.41) is 13.8. The van der Waals surface area contributed by atoms with Crippen LogP contribution in [0.3, 0.4) is 0 Å². The zero-order chi connectivity index (χ0) is 20.3. The molecule has 0 saturated heterocycles. The lowest BCUT2D eigenvalue weighted by atomic mass is 10.1. The molecule has 28 heavy (non-hydrogen) atoms. The van der Waals surface area contributed by atoms with Crippen LogP contribution >= 0.6 is 0 Å². The van der Waals surface area contributed by atoms with E-state index in [1.165, 1.54) is 28.9 Å². The van der Waals surface area contributed by atoms with Crippen LogP contribution in [0.25, 0.3) is 5.69 Å². The Balaban J connectivity index is 2.02. The first-order valence-electron chi connectivity index (χ1n) is 8.76. The van der Waals surface area contributed by atoms with Crippen molar-refractivity contribution in [3.63, 3.8) is 0 Å². The van der Waals surface area contributed by atoms with Gasteiger partial charge in [-0.15, -0.1) is 0 Å². The van der Waals surface area contributed by atoms with Crippen LogP contribution in [0, 0.1) is 17.0 Å². The molecule has 2 aromatic carbocycles. The second kappa shape index (κ2) is 7.91. The zero-order valence-corrected chi connectivity index (χ0v) is 15.8. The fraction of sp³-hybridized carbons (Fsp3) is 0.200. The number of H-pyrrole nitrogens is 1. The minimum absolute atomic E-state index is 0.0365. The number of aromatic nitrogens is 2. The van der Waals surface area contributed by atoms with Gasteiger partial charge in [0.25, 0.3) is 11.2 Å². The molecule has 8 nitrogen and oxygen atoms in total. The number of aryl methyl sites for hydroxylation is 1. The molecule has 0 unspecified atom stereocenters. The van der Waals surface area contributed by atoms with Crippen LogP contribution in [0.15, 0.2) is 58.3 Å². The summed E-state index contributed by atoms with van der Waals surface area (Å²) in [6.45, 7) is 5.96. The van der Waals surface area contributed by atoms with Crippen molar-refractivity contribution in [2.24, 2.45) is 4.99 Å². The van der Waals surface area contributed by atoms with E-state index in [4.69, 9.17) is 4.74 Å². The first kappa shape index (κ1) is 19.1. The first-order chi connectivity index (χ1) is 13.4. The summed E-state index contributed by atoms with van der Waals surface area (Å²) in [7, 11) is 0. The summed E-state index contributed by atoms with van der Waals surface area (Å²) >= 11 is 0. The summed E-state index contributed by atoms with van der Waals surface area (Å²) in [5.41, 5.74) is 2.48. The van der Waals surface area contributed by atoms with Gasteiger partial charge in [-0.1, -0.05) is 12.1 Å². The monoisotopic (exact) mass is 380 g/mol. The minimum Gasteiger partial charge on any atom is -0.492 e. The normalized spacial score (nSPS) is 11.5. The van der Waals surface area contributed by atoms with Crippen molar-refractivity contribution in [1.29, 1.82) is 0 Å². The number of nitro groups is 1. The fourth-order valence-electron chi connectivity index (χ4n) is 2.94. The number of non-ortho nitro benzene ring substituents is 1. The van der Waals surface area contributed by atoms with E-state index >= 15 is 0 Å². The van der Waals surface area contributed by atoms with Crippen molar-refractivity contribution in [3.05, 3.63) is 80.3 Å². The molecule has 1 N–H and O–H groups in total. The van der Waals surface area contributed by atoms with Gasteiger partial charge in [0.05, 0.1) is 28.5 Å². The topological polar surface area (TPSA) is 103 Å². The first-order valence-corrected chi connectivity index (χ1v) is 8.76. The van der Waals surface area contributed by atoms with E-state index in [-0.39, 0.29) is 11.2 Å². The van der Waals surface area contributed by atoms with Gasteiger partial charge >= 0.3 is 0 Å². The van der Waals surface area contributed by atoms with E-state index < -0.39 is 4.92 Å². The predicted molar refractivity (Wildman–Crippen MR) is 107 cm³/mol. The van der Waals surface area contributed by atoms with Gasteiger partial charge in [0, 0.05) is 17.8 Å². The zero-order valence-electron chi connectivity index (χ0n) is 15.8. The third kappa shape index (κ3) is 3.71.